The molecule has 0 aliphatic carbocycles. The molecule has 148 valence electrons. The van der Waals surface area contributed by atoms with Gasteiger partial charge in [0.15, 0.2) is 5.82 Å². The first-order chi connectivity index (χ1) is 14.2. The van der Waals surface area contributed by atoms with Gasteiger partial charge in [-0.15, -0.1) is 5.10 Å². The summed E-state index contributed by atoms with van der Waals surface area (Å²) in [5.41, 5.74) is 1.61. The van der Waals surface area contributed by atoms with E-state index in [9.17, 15) is 4.79 Å². The topological polar surface area (TPSA) is 65.7 Å². The number of aromatic nitrogens is 3. The van der Waals surface area contributed by atoms with Crippen LogP contribution in [0.15, 0.2) is 53.3 Å². The number of hydrogen-bond acceptors (Lipinski definition) is 6. The van der Waals surface area contributed by atoms with E-state index in [0.717, 1.165) is 35.5 Å². The lowest BCUT2D eigenvalue weighted by Crippen LogP contribution is -2.23. The molecule has 0 amide bonds. The summed E-state index contributed by atoms with van der Waals surface area (Å²) >= 11 is 1.33. The summed E-state index contributed by atoms with van der Waals surface area (Å²) in [6.07, 6.45) is 3.99. The van der Waals surface area contributed by atoms with Gasteiger partial charge in [-0.05, 0) is 54.5 Å². The molecule has 0 fully saturated rings. The summed E-state index contributed by atoms with van der Waals surface area (Å²) in [4.78, 5) is 17.8. The normalized spacial score (nSPS) is 11.9. The highest BCUT2D eigenvalue weighted by Gasteiger charge is 2.12. The zero-order valence-corrected chi connectivity index (χ0v) is 17.1. The van der Waals surface area contributed by atoms with Gasteiger partial charge >= 0.3 is 0 Å². The fourth-order valence-electron chi connectivity index (χ4n) is 2.84. The van der Waals surface area contributed by atoms with Crippen molar-refractivity contribution in [3.05, 3.63) is 69.0 Å². The first-order valence-corrected chi connectivity index (χ1v) is 10.3. The monoisotopic (exact) mass is 407 g/mol. The van der Waals surface area contributed by atoms with Gasteiger partial charge in [0.25, 0.3) is 5.56 Å². The van der Waals surface area contributed by atoms with Crippen LogP contribution >= 0.6 is 11.3 Å². The first-order valence-electron chi connectivity index (χ1n) is 9.46. The Balaban J connectivity index is 1.59. The van der Waals surface area contributed by atoms with E-state index in [2.05, 4.69) is 17.0 Å². The zero-order chi connectivity index (χ0) is 20.2. The van der Waals surface area contributed by atoms with Crippen molar-refractivity contribution in [2.24, 2.45) is 0 Å². The van der Waals surface area contributed by atoms with Gasteiger partial charge in [0.1, 0.15) is 11.5 Å². The van der Waals surface area contributed by atoms with Crippen molar-refractivity contribution in [1.29, 1.82) is 0 Å². The molecular weight excluding hydrogens is 386 g/mol. The van der Waals surface area contributed by atoms with Crippen LogP contribution in [-0.4, -0.2) is 28.3 Å². The van der Waals surface area contributed by atoms with Gasteiger partial charge in [-0.3, -0.25) is 4.79 Å². The Morgan fingerprint density at radius 2 is 1.79 bits per heavy atom. The van der Waals surface area contributed by atoms with Crippen LogP contribution < -0.4 is 19.6 Å². The second-order valence-corrected chi connectivity index (χ2v) is 7.55. The number of hydrogen-bond donors (Lipinski definition) is 0. The largest absolute Gasteiger partial charge is 0.497 e. The Hall–Kier alpha value is -3.19. The van der Waals surface area contributed by atoms with Gasteiger partial charge in [0.2, 0.25) is 4.96 Å². The van der Waals surface area contributed by atoms with Crippen molar-refractivity contribution < 1.29 is 9.47 Å². The minimum Gasteiger partial charge on any atom is -0.497 e. The van der Waals surface area contributed by atoms with Crippen LogP contribution in [0.3, 0.4) is 0 Å². The fraction of sp³-hybridized carbons (Fsp3) is 0.227. The number of nitrogens with zero attached hydrogens (tertiary/aromatic N) is 3. The Bertz CT molecular complexity index is 1210. The summed E-state index contributed by atoms with van der Waals surface area (Å²) in [6, 6.07) is 15.2. The second-order valence-electron chi connectivity index (χ2n) is 6.55. The van der Waals surface area contributed by atoms with Gasteiger partial charge in [-0.25, -0.2) is 0 Å². The molecule has 0 unspecified atom stereocenters. The molecule has 2 aromatic heterocycles. The molecule has 29 heavy (non-hydrogen) atoms. The van der Waals surface area contributed by atoms with Crippen LogP contribution in [0.5, 0.6) is 11.5 Å². The number of thiazole rings is 1. The maximum Gasteiger partial charge on any atom is 0.291 e. The lowest BCUT2D eigenvalue weighted by Gasteiger charge is -2.04. The standard InChI is InChI=1S/C22H21N3O3S/c1-3-4-13-28-18-9-5-15(6-10-18)14-19-21(26)25-22(29-19)23-20(24-25)16-7-11-17(27-2)12-8-16/h5-12,14H,3-4,13H2,1-2H3. The van der Waals surface area contributed by atoms with Crippen LogP contribution in [0.4, 0.5) is 0 Å². The molecular formula is C22H21N3O3S. The first kappa shape index (κ1) is 19.1. The number of fused-ring (bicyclic) bond motifs is 1. The zero-order valence-electron chi connectivity index (χ0n) is 16.3. The molecule has 2 heterocycles. The summed E-state index contributed by atoms with van der Waals surface area (Å²) in [5, 5.41) is 4.38. The van der Waals surface area contributed by atoms with E-state index in [1.807, 2.05) is 54.6 Å². The molecule has 0 radical (unpaired) electrons. The van der Waals surface area contributed by atoms with Crippen molar-refractivity contribution in [3.63, 3.8) is 0 Å². The molecule has 0 spiro atoms. The predicted molar refractivity (Wildman–Crippen MR) is 115 cm³/mol. The van der Waals surface area contributed by atoms with Crippen LogP contribution in [-0.2, 0) is 0 Å². The van der Waals surface area contributed by atoms with E-state index < -0.39 is 0 Å². The Kier molecular flexibility index (Phi) is 5.57. The van der Waals surface area contributed by atoms with Crippen LogP contribution in [0.1, 0.15) is 25.3 Å². The van der Waals surface area contributed by atoms with Crippen molar-refractivity contribution in [2.75, 3.05) is 13.7 Å². The molecule has 0 N–H and O–H groups in total. The Morgan fingerprint density at radius 1 is 1.07 bits per heavy atom. The summed E-state index contributed by atoms with van der Waals surface area (Å²) in [7, 11) is 1.62. The Morgan fingerprint density at radius 3 is 2.45 bits per heavy atom. The average Bonchev–Trinajstić information content (AvgIpc) is 3.29. The maximum atomic E-state index is 12.7. The molecule has 0 aliphatic rings. The third kappa shape index (κ3) is 4.14. The minimum absolute atomic E-state index is 0.166. The number of unbranched alkanes of at least 4 members (excludes halogenated alkanes) is 1. The van der Waals surface area contributed by atoms with Crippen molar-refractivity contribution in [3.8, 4) is 22.9 Å². The van der Waals surface area contributed by atoms with Gasteiger partial charge in [0.05, 0.1) is 18.2 Å². The molecule has 4 aromatic rings. The number of benzene rings is 2. The number of rotatable bonds is 7. The van der Waals surface area contributed by atoms with E-state index in [1.54, 1.807) is 7.11 Å². The fourth-order valence-corrected chi connectivity index (χ4v) is 3.75. The lowest BCUT2D eigenvalue weighted by molar-refractivity contribution is 0.309. The van der Waals surface area contributed by atoms with E-state index in [1.165, 1.54) is 15.9 Å². The second kappa shape index (κ2) is 8.45. The van der Waals surface area contributed by atoms with E-state index >= 15 is 0 Å². The van der Waals surface area contributed by atoms with Gasteiger partial charge in [-0.2, -0.15) is 9.50 Å². The van der Waals surface area contributed by atoms with Crippen molar-refractivity contribution in [1.82, 2.24) is 14.6 Å². The third-order valence-electron chi connectivity index (χ3n) is 4.47. The molecule has 6 nitrogen and oxygen atoms in total. The molecule has 0 bridgehead atoms. The van der Waals surface area contributed by atoms with Crippen molar-refractivity contribution >= 4 is 22.4 Å². The van der Waals surface area contributed by atoms with Gasteiger partial charge in [0, 0.05) is 5.56 Å². The third-order valence-corrected chi connectivity index (χ3v) is 5.43. The van der Waals surface area contributed by atoms with Crippen LogP contribution in [0.25, 0.3) is 22.4 Å². The highest BCUT2D eigenvalue weighted by atomic mass is 32.1. The van der Waals surface area contributed by atoms with Crippen molar-refractivity contribution in [2.45, 2.75) is 19.8 Å². The maximum absolute atomic E-state index is 12.7. The highest BCUT2D eigenvalue weighted by Crippen LogP contribution is 2.20. The average molecular weight is 407 g/mol. The van der Waals surface area contributed by atoms with Crippen LogP contribution in [0, 0.1) is 0 Å². The number of methoxy groups -OCH3 is 1. The summed E-state index contributed by atoms with van der Waals surface area (Å²) in [6.45, 7) is 2.85. The molecule has 0 aliphatic heterocycles. The summed E-state index contributed by atoms with van der Waals surface area (Å²) < 4.78 is 12.8. The van der Waals surface area contributed by atoms with E-state index in [-0.39, 0.29) is 5.56 Å². The molecule has 7 heteroatoms. The quantitative estimate of drug-likeness (QED) is 0.438. The SMILES string of the molecule is CCCCOc1ccc(C=c2sc3nc(-c4ccc(OC)cc4)nn3c2=O)cc1. The van der Waals surface area contributed by atoms with Gasteiger partial charge < -0.3 is 9.47 Å². The highest BCUT2D eigenvalue weighted by molar-refractivity contribution is 7.15. The Labute approximate surface area is 172 Å². The molecule has 0 saturated heterocycles. The van der Waals surface area contributed by atoms with E-state index in [4.69, 9.17) is 9.47 Å². The number of ether oxygens (including phenoxy) is 2. The molecule has 0 atom stereocenters. The molecule has 2 aromatic carbocycles. The predicted octanol–water partition coefficient (Wildman–Crippen LogP) is 3.55. The molecule has 0 saturated carbocycles. The minimum atomic E-state index is -0.166. The lowest BCUT2D eigenvalue weighted by atomic mass is 10.2. The van der Waals surface area contributed by atoms with Gasteiger partial charge in [-0.1, -0.05) is 36.8 Å². The molecule has 4 rings (SSSR count). The van der Waals surface area contributed by atoms with E-state index in [0.29, 0.717) is 21.9 Å². The summed E-state index contributed by atoms with van der Waals surface area (Å²) in [5.74, 6) is 2.12. The van der Waals surface area contributed by atoms with Crippen LogP contribution in [0.2, 0.25) is 0 Å². The smallest absolute Gasteiger partial charge is 0.291 e.